The lowest BCUT2D eigenvalue weighted by Crippen LogP contribution is -1.99. The second kappa shape index (κ2) is 4.04. The highest BCUT2D eigenvalue weighted by Gasteiger charge is 2.14. The lowest BCUT2D eigenvalue weighted by atomic mass is 10.2. The molecule has 0 aliphatic heterocycles. The van der Waals surface area contributed by atoms with Gasteiger partial charge in [-0.3, -0.25) is 10.1 Å². The molecule has 0 amide bonds. The Bertz CT molecular complexity index is 357. The Morgan fingerprint density at radius 2 is 2.23 bits per heavy atom. The molecule has 0 aliphatic carbocycles. The van der Waals surface area contributed by atoms with E-state index in [1.807, 2.05) is 0 Å². The van der Waals surface area contributed by atoms with Gasteiger partial charge in [0, 0.05) is 12.6 Å². The molecule has 2 N–H and O–H groups in total. The molecule has 70 valence electrons. The molecule has 0 spiro atoms. The molecule has 0 atom stereocenters. The zero-order chi connectivity index (χ0) is 10.0. The fraction of sp³-hybridized carbons (Fsp3) is 0.143. The Balaban J connectivity index is 3.28. The Kier molecular flexibility index (Phi) is 3.24. The Morgan fingerprint density at radius 3 is 2.69 bits per heavy atom. The van der Waals surface area contributed by atoms with E-state index < -0.39 is 4.92 Å². The highest BCUT2D eigenvalue weighted by atomic mass is 79.9. The number of benzene rings is 1. The molecule has 0 aliphatic rings. The predicted molar refractivity (Wildman–Crippen MR) is 53.7 cm³/mol. The molecule has 1 aromatic carbocycles. The highest BCUT2D eigenvalue weighted by Crippen LogP contribution is 2.30. The molecule has 0 radical (unpaired) electrons. The van der Waals surface area contributed by atoms with Crippen LogP contribution in [0.3, 0.4) is 0 Å². The molecular weight excluding hydrogens is 259 g/mol. The molecule has 13 heavy (non-hydrogen) atoms. The van der Waals surface area contributed by atoms with E-state index in [1.165, 1.54) is 6.07 Å². The van der Waals surface area contributed by atoms with Gasteiger partial charge in [0.15, 0.2) is 0 Å². The van der Waals surface area contributed by atoms with Crippen molar-refractivity contribution >= 4 is 33.2 Å². The number of nitrogens with zero attached hydrogens (tertiary/aromatic N) is 1. The summed E-state index contributed by atoms with van der Waals surface area (Å²) >= 11 is 8.81. The van der Waals surface area contributed by atoms with Gasteiger partial charge in [-0.1, -0.05) is 11.6 Å². The van der Waals surface area contributed by atoms with Crippen LogP contribution in [0.25, 0.3) is 0 Å². The summed E-state index contributed by atoms with van der Waals surface area (Å²) in [5, 5.41) is 10.8. The highest BCUT2D eigenvalue weighted by molar-refractivity contribution is 9.10. The minimum Gasteiger partial charge on any atom is -0.326 e. The van der Waals surface area contributed by atoms with Crippen LogP contribution in [-0.2, 0) is 6.54 Å². The van der Waals surface area contributed by atoms with E-state index in [9.17, 15) is 10.1 Å². The first-order valence-corrected chi connectivity index (χ1v) is 4.55. The van der Waals surface area contributed by atoms with Crippen molar-refractivity contribution in [1.82, 2.24) is 0 Å². The number of nitrogens with two attached hydrogens (primary N) is 1. The van der Waals surface area contributed by atoms with Crippen LogP contribution in [0.1, 0.15) is 5.56 Å². The third-order valence-corrected chi connectivity index (χ3v) is 2.52. The van der Waals surface area contributed by atoms with E-state index in [4.69, 9.17) is 17.3 Å². The van der Waals surface area contributed by atoms with Crippen LogP contribution in [0.2, 0.25) is 5.02 Å². The summed E-state index contributed by atoms with van der Waals surface area (Å²) in [6.07, 6.45) is 0. The van der Waals surface area contributed by atoms with Crippen LogP contribution in [0.15, 0.2) is 16.6 Å². The largest absolute Gasteiger partial charge is 0.326 e. The molecule has 6 heteroatoms. The van der Waals surface area contributed by atoms with Crippen molar-refractivity contribution in [3.8, 4) is 0 Å². The van der Waals surface area contributed by atoms with Gasteiger partial charge in [0.1, 0.15) is 0 Å². The number of nitro groups is 1. The van der Waals surface area contributed by atoms with Gasteiger partial charge in [0.05, 0.1) is 14.4 Å². The van der Waals surface area contributed by atoms with Crippen molar-refractivity contribution in [1.29, 1.82) is 0 Å². The van der Waals surface area contributed by atoms with Crippen molar-refractivity contribution in [3.05, 3.63) is 37.3 Å². The summed E-state index contributed by atoms with van der Waals surface area (Å²) in [6, 6.07) is 2.84. The fourth-order valence-electron chi connectivity index (χ4n) is 0.874. The summed E-state index contributed by atoms with van der Waals surface area (Å²) in [5.74, 6) is 0. The number of nitro benzene ring substituents is 1. The smallest absolute Gasteiger partial charge is 0.285 e. The number of halogens is 2. The van der Waals surface area contributed by atoms with Crippen LogP contribution < -0.4 is 5.73 Å². The maximum Gasteiger partial charge on any atom is 0.285 e. The molecule has 0 unspecified atom stereocenters. The molecule has 0 heterocycles. The van der Waals surface area contributed by atoms with Crippen LogP contribution in [0.5, 0.6) is 0 Å². The second-order valence-electron chi connectivity index (χ2n) is 2.36. The quantitative estimate of drug-likeness (QED) is 0.659. The Hall–Kier alpha value is -0.650. The van der Waals surface area contributed by atoms with E-state index in [0.717, 1.165) is 0 Å². The van der Waals surface area contributed by atoms with Crippen molar-refractivity contribution in [2.45, 2.75) is 6.54 Å². The summed E-state index contributed by atoms with van der Waals surface area (Å²) in [5.41, 5.74) is 6.00. The monoisotopic (exact) mass is 264 g/mol. The van der Waals surface area contributed by atoms with E-state index in [0.29, 0.717) is 15.1 Å². The first-order chi connectivity index (χ1) is 6.06. The summed E-state index contributed by atoms with van der Waals surface area (Å²) in [4.78, 5) is 9.96. The van der Waals surface area contributed by atoms with Crippen molar-refractivity contribution in [2.24, 2.45) is 5.73 Å². The molecule has 1 rings (SSSR count). The minimum atomic E-state index is -0.504. The zero-order valence-electron chi connectivity index (χ0n) is 6.46. The topological polar surface area (TPSA) is 69.2 Å². The van der Waals surface area contributed by atoms with Crippen molar-refractivity contribution < 1.29 is 4.92 Å². The summed E-state index contributed by atoms with van der Waals surface area (Å²) in [7, 11) is 0. The first kappa shape index (κ1) is 10.4. The van der Waals surface area contributed by atoms with Gasteiger partial charge < -0.3 is 5.73 Å². The molecule has 1 aromatic rings. The molecule has 0 saturated heterocycles. The molecule has 0 fully saturated rings. The first-order valence-electron chi connectivity index (χ1n) is 3.38. The number of hydrogen-bond acceptors (Lipinski definition) is 3. The summed E-state index contributed by atoms with van der Waals surface area (Å²) in [6.45, 7) is 0.259. The van der Waals surface area contributed by atoms with Gasteiger partial charge in [-0.05, 0) is 27.6 Å². The van der Waals surface area contributed by atoms with Gasteiger partial charge in [0.25, 0.3) is 5.69 Å². The fourth-order valence-corrected chi connectivity index (χ4v) is 1.64. The SMILES string of the molecule is NCc1cc(Br)c([N+](=O)[O-])cc1Cl. The number of rotatable bonds is 2. The van der Waals surface area contributed by atoms with Crippen LogP contribution in [-0.4, -0.2) is 4.92 Å². The Morgan fingerprint density at radius 1 is 1.62 bits per heavy atom. The summed E-state index contributed by atoms with van der Waals surface area (Å²) < 4.78 is 0.391. The van der Waals surface area contributed by atoms with Crippen LogP contribution in [0, 0.1) is 10.1 Å². The van der Waals surface area contributed by atoms with Gasteiger partial charge in [-0.2, -0.15) is 0 Å². The van der Waals surface area contributed by atoms with E-state index in [2.05, 4.69) is 15.9 Å². The maximum absolute atomic E-state index is 10.5. The maximum atomic E-state index is 10.5. The average molecular weight is 265 g/mol. The molecule has 0 bridgehead atoms. The lowest BCUT2D eigenvalue weighted by molar-refractivity contribution is -0.385. The van der Waals surface area contributed by atoms with Gasteiger partial charge in [-0.25, -0.2) is 0 Å². The van der Waals surface area contributed by atoms with E-state index >= 15 is 0 Å². The molecular formula is C7H6BrClN2O2. The van der Waals surface area contributed by atoms with Gasteiger partial charge in [-0.15, -0.1) is 0 Å². The normalized spacial score (nSPS) is 10.1. The average Bonchev–Trinajstić information content (AvgIpc) is 2.07. The predicted octanol–water partition coefficient (Wildman–Crippen LogP) is 2.47. The molecule has 0 aromatic heterocycles. The standard InChI is InChI=1S/C7H6BrClN2O2/c8-5-1-4(3-10)6(9)2-7(5)11(12)13/h1-2H,3,10H2. The molecule has 4 nitrogen and oxygen atoms in total. The third kappa shape index (κ3) is 2.18. The Labute approximate surface area is 88.0 Å². The van der Waals surface area contributed by atoms with Crippen LogP contribution in [0.4, 0.5) is 5.69 Å². The number of hydrogen-bond donors (Lipinski definition) is 1. The second-order valence-corrected chi connectivity index (χ2v) is 3.62. The molecule has 0 saturated carbocycles. The lowest BCUT2D eigenvalue weighted by Gasteiger charge is -2.02. The van der Waals surface area contributed by atoms with Crippen molar-refractivity contribution in [3.63, 3.8) is 0 Å². The van der Waals surface area contributed by atoms with Gasteiger partial charge in [0.2, 0.25) is 0 Å². The van der Waals surface area contributed by atoms with E-state index in [-0.39, 0.29) is 12.2 Å². The van der Waals surface area contributed by atoms with Gasteiger partial charge >= 0.3 is 0 Å². The van der Waals surface area contributed by atoms with E-state index in [1.54, 1.807) is 6.07 Å². The zero-order valence-corrected chi connectivity index (χ0v) is 8.80. The van der Waals surface area contributed by atoms with Crippen LogP contribution >= 0.6 is 27.5 Å². The van der Waals surface area contributed by atoms with Crippen molar-refractivity contribution in [2.75, 3.05) is 0 Å². The third-order valence-electron chi connectivity index (χ3n) is 1.53. The minimum absolute atomic E-state index is 0.0535.